The molecule has 0 aromatic heterocycles. The second-order valence-corrected chi connectivity index (χ2v) is 3.64. The molecular formula is C11H18N2O3. The summed E-state index contributed by atoms with van der Waals surface area (Å²) in [5.41, 5.74) is 0. The Balaban J connectivity index is 3.99. The summed E-state index contributed by atoms with van der Waals surface area (Å²) in [6, 6.07) is -1.34. The zero-order chi connectivity index (χ0) is 12.6. The van der Waals surface area contributed by atoms with Crippen molar-refractivity contribution in [2.24, 2.45) is 5.92 Å². The minimum Gasteiger partial charge on any atom is -0.480 e. The topological polar surface area (TPSA) is 78.4 Å². The van der Waals surface area contributed by atoms with Gasteiger partial charge in [-0.3, -0.25) is 0 Å². The number of hydrogen-bond donors (Lipinski definition) is 3. The van der Waals surface area contributed by atoms with Gasteiger partial charge in [0, 0.05) is 13.0 Å². The molecule has 0 aliphatic carbocycles. The highest BCUT2D eigenvalue weighted by Gasteiger charge is 2.22. The molecule has 0 aromatic carbocycles. The third-order valence-corrected chi connectivity index (χ3v) is 1.93. The van der Waals surface area contributed by atoms with Crippen molar-refractivity contribution >= 4 is 12.0 Å². The summed E-state index contributed by atoms with van der Waals surface area (Å²) in [5, 5.41) is 13.8. The van der Waals surface area contributed by atoms with Crippen molar-refractivity contribution < 1.29 is 14.7 Å². The normalized spacial score (nSPS) is 11.2. The largest absolute Gasteiger partial charge is 0.480 e. The van der Waals surface area contributed by atoms with Crippen LogP contribution in [0.25, 0.3) is 0 Å². The highest BCUT2D eigenvalue weighted by Crippen LogP contribution is 2.00. The van der Waals surface area contributed by atoms with Gasteiger partial charge in [-0.05, 0) is 12.8 Å². The predicted molar refractivity (Wildman–Crippen MR) is 60.9 cm³/mol. The fourth-order valence-corrected chi connectivity index (χ4v) is 1.07. The van der Waals surface area contributed by atoms with E-state index in [0.29, 0.717) is 13.0 Å². The first-order valence-corrected chi connectivity index (χ1v) is 5.15. The quantitative estimate of drug-likeness (QED) is 0.479. The van der Waals surface area contributed by atoms with Crippen LogP contribution in [-0.2, 0) is 4.79 Å². The van der Waals surface area contributed by atoms with E-state index in [9.17, 15) is 9.59 Å². The summed E-state index contributed by atoms with van der Waals surface area (Å²) >= 11 is 0. The van der Waals surface area contributed by atoms with Crippen LogP contribution in [0.5, 0.6) is 0 Å². The van der Waals surface area contributed by atoms with Crippen LogP contribution in [0.2, 0.25) is 0 Å². The molecule has 0 aliphatic heterocycles. The second kappa shape index (κ2) is 7.57. The van der Waals surface area contributed by atoms with Crippen molar-refractivity contribution in [2.75, 3.05) is 6.54 Å². The Labute approximate surface area is 95.6 Å². The molecule has 0 spiro atoms. The van der Waals surface area contributed by atoms with E-state index in [0.717, 1.165) is 0 Å². The van der Waals surface area contributed by atoms with Gasteiger partial charge in [-0.25, -0.2) is 9.59 Å². The van der Waals surface area contributed by atoms with Gasteiger partial charge in [0.25, 0.3) is 0 Å². The van der Waals surface area contributed by atoms with Crippen molar-refractivity contribution in [3.8, 4) is 11.8 Å². The molecule has 0 saturated carbocycles. The summed E-state index contributed by atoms with van der Waals surface area (Å²) in [6.07, 6.45) is 0.559. The molecule has 0 saturated heterocycles. The van der Waals surface area contributed by atoms with E-state index >= 15 is 0 Å². The SMILES string of the molecule is CC#CCCNC(=O)N[C@@H](C(=O)O)C(C)C. The zero-order valence-electron chi connectivity index (χ0n) is 9.83. The van der Waals surface area contributed by atoms with Crippen LogP contribution >= 0.6 is 0 Å². The number of urea groups is 1. The third kappa shape index (κ3) is 5.91. The standard InChI is InChI=1S/C11H18N2O3/c1-4-5-6-7-12-11(16)13-9(8(2)3)10(14)15/h8-9H,6-7H2,1-3H3,(H,14,15)(H2,12,13,16)/t9-/m1/s1. The zero-order valence-corrected chi connectivity index (χ0v) is 9.83. The molecule has 0 aliphatic rings. The Morgan fingerprint density at radius 3 is 2.44 bits per heavy atom. The molecule has 3 N–H and O–H groups in total. The first kappa shape index (κ1) is 14.3. The van der Waals surface area contributed by atoms with Crippen LogP contribution in [-0.4, -0.2) is 29.7 Å². The number of nitrogens with one attached hydrogen (secondary N) is 2. The average Bonchev–Trinajstić information content (AvgIpc) is 2.20. The molecule has 1 atom stereocenters. The summed E-state index contributed by atoms with van der Waals surface area (Å²) in [4.78, 5) is 22.1. The van der Waals surface area contributed by atoms with Crippen LogP contribution in [0.1, 0.15) is 27.2 Å². The lowest BCUT2D eigenvalue weighted by molar-refractivity contribution is -0.140. The molecule has 16 heavy (non-hydrogen) atoms. The Kier molecular flexibility index (Phi) is 6.77. The van der Waals surface area contributed by atoms with Gasteiger partial charge < -0.3 is 15.7 Å². The molecule has 0 rings (SSSR count). The molecule has 0 unspecified atom stereocenters. The summed E-state index contributed by atoms with van der Waals surface area (Å²) in [5.74, 6) is 4.31. The van der Waals surface area contributed by atoms with E-state index in [1.807, 2.05) is 0 Å². The fraction of sp³-hybridized carbons (Fsp3) is 0.636. The Bertz CT molecular complexity index is 302. The first-order chi connectivity index (χ1) is 7.49. The van der Waals surface area contributed by atoms with Gasteiger partial charge in [-0.2, -0.15) is 0 Å². The molecule has 0 fully saturated rings. The average molecular weight is 226 g/mol. The summed E-state index contributed by atoms with van der Waals surface area (Å²) in [7, 11) is 0. The number of carboxylic acid groups (broad SMARTS) is 1. The number of hydrogen-bond acceptors (Lipinski definition) is 2. The van der Waals surface area contributed by atoms with Crippen molar-refractivity contribution in [1.29, 1.82) is 0 Å². The number of carboxylic acids is 1. The molecule has 0 bridgehead atoms. The van der Waals surface area contributed by atoms with E-state index in [2.05, 4.69) is 22.5 Å². The van der Waals surface area contributed by atoms with Gasteiger partial charge in [0.1, 0.15) is 6.04 Å². The maximum atomic E-state index is 11.3. The highest BCUT2D eigenvalue weighted by molar-refractivity contribution is 5.82. The maximum Gasteiger partial charge on any atom is 0.326 e. The lowest BCUT2D eigenvalue weighted by atomic mass is 10.1. The smallest absolute Gasteiger partial charge is 0.326 e. The van der Waals surface area contributed by atoms with Crippen LogP contribution in [0.15, 0.2) is 0 Å². The minimum atomic E-state index is -1.03. The van der Waals surface area contributed by atoms with Crippen LogP contribution in [0, 0.1) is 17.8 Å². The summed E-state index contributed by atoms with van der Waals surface area (Å²) in [6.45, 7) is 5.61. The van der Waals surface area contributed by atoms with E-state index in [1.165, 1.54) is 0 Å². The minimum absolute atomic E-state index is 0.154. The second-order valence-electron chi connectivity index (χ2n) is 3.64. The van der Waals surface area contributed by atoms with Gasteiger partial charge in [0.15, 0.2) is 0 Å². The lowest BCUT2D eigenvalue weighted by Gasteiger charge is -2.17. The molecule has 0 radical (unpaired) electrons. The van der Waals surface area contributed by atoms with Gasteiger partial charge >= 0.3 is 12.0 Å². The highest BCUT2D eigenvalue weighted by atomic mass is 16.4. The fourth-order valence-electron chi connectivity index (χ4n) is 1.07. The van der Waals surface area contributed by atoms with Gasteiger partial charge in [0.2, 0.25) is 0 Å². The van der Waals surface area contributed by atoms with Gasteiger partial charge in [-0.15, -0.1) is 11.8 Å². The molecule has 5 heteroatoms. The molecule has 5 nitrogen and oxygen atoms in total. The third-order valence-electron chi connectivity index (χ3n) is 1.93. The van der Waals surface area contributed by atoms with Crippen molar-refractivity contribution in [3.05, 3.63) is 0 Å². The summed E-state index contributed by atoms with van der Waals surface area (Å²) < 4.78 is 0. The maximum absolute atomic E-state index is 11.3. The van der Waals surface area contributed by atoms with E-state index in [1.54, 1.807) is 20.8 Å². The van der Waals surface area contributed by atoms with Crippen molar-refractivity contribution in [3.63, 3.8) is 0 Å². The predicted octanol–water partition coefficient (Wildman–Crippen LogP) is 0.808. The molecule has 2 amide bonds. The lowest BCUT2D eigenvalue weighted by Crippen LogP contribution is -2.48. The number of amides is 2. The van der Waals surface area contributed by atoms with Crippen molar-refractivity contribution in [1.82, 2.24) is 10.6 Å². The number of carbonyl (C=O) groups excluding carboxylic acids is 1. The monoisotopic (exact) mass is 226 g/mol. The van der Waals surface area contributed by atoms with Crippen LogP contribution in [0.4, 0.5) is 4.79 Å². The van der Waals surface area contributed by atoms with E-state index in [4.69, 9.17) is 5.11 Å². The Morgan fingerprint density at radius 1 is 1.38 bits per heavy atom. The van der Waals surface area contributed by atoms with Gasteiger partial charge in [-0.1, -0.05) is 13.8 Å². The number of carbonyl (C=O) groups is 2. The Morgan fingerprint density at radius 2 is 2.00 bits per heavy atom. The molecule has 0 heterocycles. The molecule has 0 aromatic rings. The van der Waals surface area contributed by atoms with E-state index in [-0.39, 0.29) is 5.92 Å². The Hall–Kier alpha value is -1.70. The van der Waals surface area contributed by atoms with Gasteiger partial charge in [0.05, 0.1) is 0 Å². The van der Waals surface area contributed by atoms with Crippen molar-refractivity contribution in [2.45, 2.75) is 33.2 Å². The molecular weight excluding hydrogens is 208 g/mol. The van der Waals surface area contributed by atoms with Crippen LogP contribution in [0.3, 0.4) is 0 Å². The number of rotatable bonds is 5. The van der Waals surface area contributed by atoms with E-state index < -0.39 is 18.0 Å². The number of aliphatic carboxylic acids is 1. The first-order valence-electron chi connectivity index (χ1n) is 5.15. The molecule has 90 valence electrons. The van der Waals surface area contributed by atoms with Crippen LogP contribution < -0.4 is 10.6 Å².